The summed E-state index contributed by atoms with van der Waals surface area (Å²) in [6, 6.07) is 23.2. The molecule has 4 nitrogen and oxygen atoms in total. The van der Waals surface area contributed by atoms with Crippen LogP contribution in [0, 0.1) is 10.1 Å². The van der Waals surface area contributed by atoms with Crippen LogP contribution in [0.2, 0.25) is 0 Å². The molecule has 2 aromatic carbocycles. The van der Waals surface area contributed by atoms with Crippen molar-refractivity contribution < 1.29 is 9.49 Å². The van der Waals surface area contributed by atoms with Gasteiger partial charge >= 0.3 is 0 Å². The molecular formula is C19H17N2O2+. The number of hydrogen-bond donors (Lipinski definition) is 0. The summed E-state index contributed by atoms with van der Waals surface area (Å²) in [4.78, 5) is 10.4. The van der Waals surface area contributed by atoms with Gasteiger partial charge < -0.3 is 0 Å². The summed E-state index contributed by atoms with van der Waals surface area (Å²) in [5.74, 6) is 0. The Hall–Kier alpha value is -3.01. The molecule has 0 saturated carbocycles. The molecule has 0 aliphatic carbocycles. The van der Waals surface area contributed by atoms with E-state index in [0.29, 0.717) is 0 Å². The first-order chi connectivity index (χ1) is 11.2. The molecular weight excluding hydrogens is 288 g/mol. The average Bonchev–Trinajstić information content (AvgIpc) is 2.58. The van der Waals surface area contributed by atoms with E-state index in [0.717, 1.165) is 18.5 Å². The number of nitro groups is 1. The van der Waals surface area contributed by atoms with Gasteiger partial charge in [-0.25, -0.2) is 0 Å². The molecule has 4 heteroatoms. The SMILES string of the molecule is O=[N+]([O-])c1ccc(Cc2cccc[n+]2Cc2ccccc2)cc1. The highest BCUT2D eigenvalue weighted by molar-refractivity contribution is 5.34. The fraction of sp³-hybridized carbons (Fsp3) is 0.105. The van der Waals surface area contributed by atoms with E-state index in [1.165, 1.54) is 11.3 Å². The molecule has 3 aromatic rings. The average molecular weight is 305 g/mol. The first kappa shape index (κ1) is 14.9. The normalized spacial score (nSPS) is 10.4. The van der Waals surface area contributed by atoms with Gasteiger partial charge in [0, 0.05) is 29.8 Å². The van der Waals surface area contributed by atoms with Crippen LogP contribution in [0.5, 0.6) is 0 Å². The lowest BCUT2D eigenvalue weighted by atomic mass is 10.1. The Morgan fingerprint density at radius 3 is 2.22 bits per heavy atom. The first-order valence-electron chi connectivity index (χ1n) is 7.47. The van der Waals surface area contributed by atoms with Gasteiger partial charge in [-0.15, -0.1) is 0 Å². The number of rotatable bonds is 5. The maximum atomic E-state index is 10.7. The second-order valence-electron chi connectivity index (χ2n) is 5.41. The summed E-state index contributed by atoms with van der Waals surface area (Å²) in [7, 11) is 0. The second-order valence-corrected chi connectivity index (χ2v) is 5.41. The number of benzene rings is 2. The molecule has 0 fully saturated rings. The summed E-state index contributed by atoms with van der Waals surface area (Å²) in [6.07, 6.45) is 2.80. The van der Waals surface area contributed by atoms with Crippen LogP contribution in [0.1, 0.15) is 16.8 Å². The van der Waals surface area contributed by atoms with Crippen molar-refractivity contribution in [2.75, 3.05) is 0 Å². The van der Waals surface area contributed by atoms with Gasteiger partial charge in [0.1, 0.15) is 0 Å². The minimum absolute atomic E-state index is 0.124. The molecule has 0 aliphatic rings. The molecule has 3 rings (SSSR count). The Labute approximate surface area is 134 Å². The van der Waals surface area contributed by atoms with Gasteiger partial charge in [-0.05, 0) is 5.56 Å². The van der Waals surface area contributed by atoms with Crippen LogP contribution in [0.3, 0.4) is 0 Å². The Kier molecular flexibility index (Phi) is 4.43. The minimum atomic E-state index is -0.373. The maximum Gasteiger partial charge on any atom is 0.269 e. The van der Waals surface area contributed by atoms with Gasteiger partial charge in [0.25, 0.3) is 5.69 Å². The van der Waals surface area contributed by atoms with Crippen LogP contribution in [-0.2, 0) is 13.0 Å². The number of pyridine rings is 1. The van der Waals surface area contributed by atoms with Crippen molar-refractivity contribution in [2.45, 2.75) is 13.0 Å². The standard InChI is InChI=1S/C19H17N2O2/c22-21(23)18-11-9-16(10-12-18)14-19-8-4-5-13-20(19)15-17-6-2-1-3-7-17/h1-13H,14-15H2/q+1. The molecule has 0 bridgehead atoms. The lowest BCUT2D eigenvalue weighted by molar-refractivity contribution is -0.695. The van der Waals surface area contributed by atoms with Crippen molar-refractivity contribution in [2.24, 2.45) is 0 Å². The van der Waals surface area contributed by atoms with Gasteiger partial charge in [0.05, 0.1) is 11.3 Å². The van der Waals surface area contributed by atoms with Crippen molar-refractivity contribution in [3.05, 3.63) is 106 Å². The Balaban J connectivity index is 1.81. The van der Waals surface area contributed by atoms with Crippen LogP contribution < -0.4 is 4.57 Å². The third-order valence-corrected chi connectivity index (χ3v) is 3.76. The highest BCUT2D eigenvalue weighted by Gasteiger charge is 2.12. The number of hydrogen-bond acceptors (Lipinski definition) is 2. The molecule has 23 heavy (non-hydrogen) atoms. The van der Waals surface area contributed by atoms with E-state index in [1.807, 2.05) is 42.5 Å². The van der Waals surface area contributed by atoms with E-state index in [4.69, 9.17) is 0 Å². The summed E-state index contributed by atoms with van der Waals surface area (Å²) >= 11 is 0. The summed E-state index contributed by atoms with van der Waals surface area (Å²) in [6.45, 7) is 0.810. The lowest BCUT2D eigenvalue weighted by Gasteiger charge is -2.04. The molecule has 1 heterocycles. The van der Waals surface area contributed by atoms with Crippen LogP contribution in [-0.4, -0.2) is 4.92 Å². The maximum absolute atomic E-state index is 10.7. The van der Waals surface area contributed by atoms with E-state index in [2.05, 4.69) is 29.0 Å². The molecule has 0 aliphatic heterocycles. The van der Waals surface area contributed by atoms with Crippen LogP contribution in [0.15, 0.2) is 79.0 Å². The van der Waals surface area contributed by atoms with Gasteiger partial charge in [-0.3, -0.25) is 10.1 Å². The fourth-order valence-corrected chi connectivity index (χ4v) is 2.55. The number of non-ortho nitro benzene ring substituents is 1. The van der Waals surface area contributed by atoms with E-state index < -0.39 is 0 Å². The molecule has 0 spiro atoms. The third-order valence-electron chi connectivity index (χ3n) is 3.76. The Bertz CT molecular complexity index is 799. The van der Waals surface area contributed by atoms with Gasteiger partial charge in [-0.1, -0.05) is 48.5 Å². The molecule has 0 atom stereocenters. The van der Waals surface area contributed by atoms with Crippen LogP contribution in [0.25, 0.3) is 0 Å². The lowest BCUT2D eigenvalue weighted by Crippen LogP contribution is -2.38. The third kappa shape index (κ3) is 3.80. The van der Waals surface area contributed by atoms with Gasteiger partial charge in [0.15, 0.2) is 18.4 Å². The first-order valence-corrected chi connectivity index (χ1v) is 7.47. The van der Waals surface area contributed by atoms with Crippen molar-refractivity contribution >= 4 is 5.69 Å². The summed E-state index contributed by atoms with van der Waals surface area (Å²) in [5.41, 5.74) is 3.60. The topological polar surface area (TPSA) is 47.0 Å². The smallest absolute Gasteiger partial charge is 0.258 e. The van der Waals surface area contributed by atoms with Crippen LogP contribution in [0.4, 0.5) is 5.69 Å². The molecule has 0 saturated heterocycles. The van der Waals surface area contributed by atoms with Gasteiger partial charge in [-0.2, -0.15) is 4.57 Å². The molecule has 0 unspecified atom stereocenters. The molecule has 0 amide bonds. The molecule has 1 aromatic heterocycles. The highest BCUT2D eigenvalue weighted by Crippen LogP contribution is 2.14. The summed E-state index contributed by atoms with van der Waals surface area (Å²) in [5, 5.41) is 10.7. The summed E-state index contributed by atoms with van der Waals surface area (Å²) < 4.78 is 2.21. The quantitative estimate of drug-likeness (QED) is 0.411. The van der Waals surface area contributed by atoms with Crippen LogP contribution >= 0.6 is 0 Å². The fourth-order valence-electron chi connectivity index (χ4n) is 2.55. The number of aromatic nitrogens is 1. The van der Waals surface area contributed by atoms with E-state index in [-0.39, 0.29) is 10.6 Å². The van der Waals surface area contributed by atoms with E-state index >= 15 is 0 Å². The van der Waals surface area contributed by atoms with E-state index in [9.17, 15) is 10.1 Å². The van der Waals surface area contributed by atoms with Gasteiger partial charge in [0.2, 0.25) is 0 Å². The van der Waals surface area contributed by atoms with Crippen molar-refractivity contribution in [3.8, 4) is 0 Å². The molecule has 0 radical (unpaired) electrons. The zero-order valence-electron chi connectivity index (χ0n) is 12.6. The molecule has 114 valence electrons. The second kappa shape index (κ2) is 6.83. The van der Waals surface area contributed by atoms with Crippen molar-refractivity contribution in [3.63, 3.8) is 0 Å². The van der Waals surface area contributed by atoms with E-state index in [1.54, 1.807) is 12.1 Å². The predicted molar refractivity (Wildman–Crippen MR) is 88.1 cm³/mol. The Morgan fingerprint density at radius 2 is 1.52 bits per heavy atom. The highest BCUT2D eigenvalue weighted by atomic mass is 16.6. The molecule has 0 N–H and O–H groups in total. The zero-order chi connectivity index (χ0) is 16.1. The monoisotopic (exact) mass is 305 g/mol. The number of nitro benzene ring substituents is 1. The van der Waals surface area contributed by atoms with Crippen molar-refractivity contribution in [1.82, 2.24) is 0 Å². The predicted octanol–water partition coefficient (Wildman–Crippen LogP) is 3.52. The Morgan fingerprint density at radius 1 is 0.826 bits per heavy atom. The largest absolute Gasteiger partial charge is 0.269 e. The number of nitrogens with zero attached hydrogens (tertiary/aromatic N) is 2. The van der Waals surface area contributed by atoms with Crippen molar-refractivity contribution in [1.29, 1.82) is 0 Å². The minimum Gasteiger partial charge on any atom is -0.258 e. The zero-order valence-corrected chi connectivity index (χ0v) is 12.6.